The molecular weight excluding hydrogens is 326 g/mol. The van der Waals surface area contributed by atoms with E-state index in [1.807, 2.05) is 36.5 Å². The number of carbonyl (C=O) groups excluding carboxylic acids is 1. The first kappa shape index (κ1) is 19.7. The number of nitrogens with zero attached hydrogens (tertiary/aromatic N) is 2. The van der Waals surface area contributed by atoms with E-state index in [1.165, 1.54) is 0 Å². The minimum Gasteiger partial charge on any atom is -0.381 e. The summed E-state index contributed by atoms with van der Waals surface area (Å²) in [6.45, 7) is 6.89. The normalized spacial score (nSPS) is 11.3. The molecule has 0 aliphatic rings. The molecule has 0 saturated heterocycles. The number of hydrogen-bond acceptors (Lipinski definition) is 3. The average molecular weight is 353 g/mol. The van der Waals surface area contributed by atoms with E-state index in [2.05, 4.69) is 29.8 Å². The molecule has 5 nitrogen and oxygen atoms in total. The summed E-state index contributed by atoms with van der Waals surface area (Å²) in [6.07, 6.45) is 6.65. The van der Waals surface area contributed by atoms with Gasteiger partial charge in [-0.25, -0.2) is 0 Å². The lowest BCUT2D eigenvalue weighted by atomic mass is 10.1. The van der Waals surface area contributed by atoms with Crippen LogP contribution >= 0.6 is 0 Å². The highest BCUT2D eigenvalue weighted by Gasteiger charge is 2.06. The van der Waals surface area contributed by atoms with Crippen LogP contribution in [0.15, 0.2) is 36.5 Å². The molecule has 0 radical (unpaired) electrons. The van der Waals surface area contributed by atoms with Gasteiger partial charge in [-0.1, -0.05) is 32.0 Å². The van der Waals surface area contributed by atoms with E-state index >= 15 is 0 Å². The number of hydrogen-bond donors (Lipinski definition) is 1. The maximum absolute atomic E-state index is 12.0. The van der Waals surface area contributed by atoms with Gasteiger partial charge in [-0.15, -0.1) is 0 Å². The topological polar surface area (TPSA) is 67.0 Å². The molecule has 0 aliphatic heterocycles. The molecule has 1 heterocycles. The lowest BCUT2D eigenvalue weighted by Gasteiger charge is -2.06. The van der Waals surface area contributed by atoms with Crippen LogP contribution < -0.4 is 5.32 Å². The molecule has 138 valence electrons. The van der Waals surface area contributed by atoms with Crippen LogP contribution in [0, 0.1) is 17.2 Å². The number of fused-ring (bicyclic) bond motifs is 1. The van der Waals surface area contributed by atoms with Crippen LogP contribution in [0.5, 0.6) is 0 Å². The van der Waals surface area contributed by atoms with Gasteiger partial charge >= 0.3 is 0 Å². The fraction of sp³-hybridized carbons (Fsp3) is 0.429. The molecule has 0 saturated carbocycles. The van der Waals surface area contributed by atoms with Crippen molar-refractivity contribution in [1.82, 2.24) is 9.88 Å². The van der Waals surface area contributed by atoms with Gasteiger partial charge in [0.2, 0.25) is 5.91 Å². The molecular formula is C21H27N3O2. The van der Waals surface area contributed by atoms with Crippen LogP contribution in [0.3, 0.4) is 0 Å². The molecule has 1 amide bonds. The first-order valence-electron chi connectivity index (χ1n) is 9.10. The standard InChI is InChI=1S/C21H27N3O2/c1-17(2)16-26-14-6-12-23-21(25)10-9-18-15-24(13-5-11-22)20-8-4-3-7-19(18)20/h3-4,7-10,15,17H,5-6,12-14,16H2,1-2H3,(H,23,25)/b10-9+. The lowest BCUT2D eigenvalue weighted by Crippen LogP contribution is -2.23. The van der Waals surface area contributed by atoms with E-state index in [0.29, 0.717) is 32.0 Å². The van der Waals surface area contributed by atoms with Gasteiger partial charge in [0.1, 0.15) is 0 Å². The molecule has 2 aromatic rings. The molecule has 0 fully saturated rings. The van der Waals surface area contributed by atoms with E-state index < -0.39 is 0 Å². The van der Waals surface area contributed by atoms with Gasteiger partial charge in [0.25, 0.3) is 0 Å². The summed E-state index contributed by atoms with van der Waals surface area (Å²) in [4.78, 5) is 12.0. The predicted octanol–water partition coefficient (Wildman–Crippen LogP) is 3.75. The maximum Gasteiger partial charge on any atom is 0.244 e. The van der Waals surface area contributed by atoms with Crippen LogP contribution in [0.25, 0.3) is 17.0 Å². The summed E-state index contributed by atoms with van der Waals surface area (Å²) >= 11 is 0. The van der Waals surface area contributed by atoms with Crippen molar-refractivity contribution < 1.29 is 9.53 Å². The van der Waals surface area contributed by atoms with E-state index in [4.69, 9.17) is 10.00 Å². The Hall–Kier alpha value is -2.58. The molecule has 1 aromatic carbocycles. The second kappa shape index (κ2) is 10.4. The fourth-order valence-electron chi connectivity index (χ4n) is 2.69. The van der Waals surface area contributed by atoms with Crippen molar-refractivity contribution in [2.24, 2.45) is 5.92 Å². The Kier molecular flexibility index (Phi) is 7.91. The zero-order valence-electron chi connectivity index (χ0n) is 15.6. The van der Waals surface area contributed by atoms with E-state index in [-0.39, 0.29) is 5.91 Å². The number of aromatic nitrogens is 1. The molecule has 0 atom stereocenters. The third kappa shape index (κ3) is 6.05. The Morgan fingerprint density at radius 2 is 2.19 bits per heavy atom. The van der Waals surface area contributed by atoms with E-state index in [1.54, 1.807) is 6.08 Å². The summed E-state index contributed by atoms with van der Waals surface area (Å²) in [6, 6.07) is 10.2. The zero-order chi connectivity index (χ0) is 18.8. The van der Waals surface area contributed by atoms with Crippen LogP contribution in [-0.4, -0.2) is 30.2 Å². The second-order valence-electron chi connectivity index (χ2n) is 6.65. The smallest absolute Gasteiger partial charge is 0.244 e. The van der Waals surface area contributed by atoms with Gasteiger partial charge < -0.3 is 14.6 Å². The van der Waals surface area contributed by atoms with Crippen LogP contribution in [0.4, 0.5) is 0 Å². The second-order valence-corrected chi connectivity index (χ2v) is 6.65. The Morgan fingerprint density at radius 3 is 2.96 bits per heavy atom. The molecule has 26 heavy (non-hydrogen) atoms. The Bertz CT molecular complexity index is 784. The van der Waals surface area contributed by atoms with Gasteiger partial charge in [-0.05, 0) is 24.5 Å². The summed E-state index contributed by atoms with van der Waals surface area (Å²) in [7, 11) is 0. The number of para-hydroxylation sites is 1. The minimum atomic E-state index is -0.109. The van der Waals surface area contributed by atoms with Crippen molar-refractivity contribution in [3.63, 3.8) is 0 Å². The maximum atomic E-state index is 12.0. The summed E-state index contributed by atoms with van der Waals surface area (Å²) < 4.78 is 7.55. The first-order valence-corrected chi connectivity index (χ1v) is 9.10. The molecule has 0 aliphatic carbocycles. The average Bonchev–Trinajstić information content (AvgIpc) is 2.99. The Balaban J connectivity index is 1.89. The van der Waals surface area contributed by atoms with Crippen molar-refractivity contribution in [2.75, 3.05) is 19.8 Å². The van der Waals surface area contributed by atoms with Crippen molar-refractivity contribution in [1.29, 1.82) is 5.26 Å². The number of aryl methyl sites for hydroxylation is 1. The summed E-state index contributed by atoms with van der Waals surface area (Å²) in [5, 5.41) is 12.8. The largest absolute Gasteiger partial charge is 0.381 e. The molecule has 5 heteroatoms. The number of nitrogens with one attached hydrogen (secondary N) is 1. The van der Waals surface area contributed by atoms with Gasteiger partial charge in [0.05, 0.1) is 12.5 Å². The molecule has 1 aromatic heterocycles. The summed E-state index contributed by atoms with van der Waals surface area (Å²) in [5.74, 6) is 0.422. The Morgan fingerprint density at radius 1 is 1.38 bits per heavy atom. The van der Waals surface area contributed by atoms with Crippen LogP contribution in [0.1, 0.15) is 32.3 Å². The molecule has 1 N–H and O–H groups in total. The molecule has 0 spiro atoms. The van der Waals surface area contributed by atoms with Crippen molar-refractivity contribution in [3.05, 3.63) is 42.1 Å². The summed E-state index contributed by atoms with van der Waals surface area (Å²) in [5.41, 5.74) is 2.05. The van der Waals surface area contributed by atoms with Crippen molar-refractivity contribution in [3.8, 4) is 6.07 Å². The number of benzene rings is 1. The highest BCUT2D eigenvalue weighted by Crippen LogP contribution is 2.22. The van der Waals surface area contributed by atoms with Gasteiger partial charge in [0.15, 0.2) is 0 Å². The molecule has 2 rings (SSSR count). The minimum absolute atomic E-state index is 0.109. The van der Waals surface area contributed by atoms with Gasteiger partial charge in [0, 0.05) is 55.0 Å². The highest BCUT2D eigenvalue weighted by atomic mass is 16.5. The number of ether oxygens (including phenoxy) is 1. The fourth-order valence-corrected chi connectivity index (χ4v) is 2.69. The lowest BCUT2D eigenvalue weighted by molar-refractivity contribution is -0.116. The monoisotopic (exact) mass is 353 g/mol. The molecule has 0 bridgehead atoms. The number of carbonyl (C=O) groups is 1. The van der Waals surface area contributed by atoms with E-state index in [0.717, 1.165) is 29.5 Å². The third-order valence-corrected chi connectivity index (χ3v) is 3.91. The van der Waals surface area contributed by atoms with Crippen molar-refractivity contribution in [2.45, 2.75) is 33.2 Å². The van der Waals surface area contributed by atoms with Crippen molar-refractivity contribution >= 4 is 22.9 Å². The molecule has 0 unspecified atom stereocenters. The van der Waals surface area contributed by atoms with Gasteiger partial charge in [-0.2, -0.15) is 5.26 Å². The zero-order valence-corrected chi connectivity index (χ0v) is 15.6. The third-order valence-electron chi connectivity index (χ3n) is 3.91. The van der Waals surface area contributed by atoms with Crippen LogP contribution in [0.2, 0.25) is 0 Å². The number of rotatable bonds is 10. The first-order chi connectivity index (χ1) is 12.6. The Labute approximate surface area is 155 Å². The van der Waals surface area contributed by atoms with Gasteiger partial charge in [-0.3, -0.25) is 4.79 Å². The van der Waals surface area contributed by atoms with E-state index in [9.17, 15) is 4.79 Å². The SMILES string of the molecule is CC(C)COCCCNC(=O)/C=C/c1cn(CCC#N)c2ccccc12. The van der Waals surface area contributed by atoms with Crippen LogP contribution in [-0.2, 0) is 16.1 Å². The number of amides is 1. The highest BCUT2D eigenvalue weighted by molar-refractivity contribution is 5.96. The quantitative estimate of drug-likeness (QED) is 0.522. The number of nitriles is 1. The predicted molar refractivity (Wildman–Crippen MR) is 104 cm³/mol.